The van der Waals surface area contributed by atoms with Gasteiger partial charge in [-0.1, -0.05) is 6.07 Å². The maximum atomic E-state index is 9.51. The molecule has 0 spiro atoms. The standard InChI is InChI=1S/C14H22N2O3/c1-10(2)16-6-7-18-11(8-16)9-19-13-5-3-4-12(17)14(13)15/h3-5,10-11,17H,6-9,15H2,1-2H3. The third-order valence-corrected chi connectivity index (χ3v) is 3.37. The molecule has 1 saturated heterocycles. The molecule has 19 heavy (non-hydrogen) atoms. The number of aromatic hydroxyl groups is 1. The summed E-state index contributed by atoms with van der Waals surface area (Å²) in [4.78, 5) is 2.36. The number of para-hydroxylation sites is 1. The Hall–Kier alpha value is -1.46. The monoisotopic (exact) mass is 266 g/mol. The van der Waals surface area contributed by atoms with Gasteiger partial charge in [-0.05, 0) is 26.0 Å². The number of morpholine rings is 1. The molecule has 1 aromatic rings. The normalized spacial score (nSPS) is 20.7. The Morgan fingerprint density at radius 2 is 2.32 bits per heavy atom. The van der Waals surface area contributed by atoms with Crippen LogP contribution in [-0.2, 0) is 4.74 Å². The molecular weight excluding hydrogens is 244 g/mol. The number of anilines is 1. The van der Waals surface area contributed by atoms with E-state index in [9.17, 15) is 5.11 Å². The first-order valence-electron chi connectivity index (χ1n) is 6.64. The Morgan fingerprint density at radius 1 is 1.53 bits per heavy atom. The molecule has 5 nitrogen and oxygen atoms in total. The molecule has 1 atom stereocenters. The summed E-state index contributed by atoms with van der Waals surface area (Å²) in [6.07, 6.45) is 0.0397. The summed E-state index contributed by atoms with van der Waals surface area (Å²) in [5, 5.41) is 9.51. The fourth-order valence-electron chi connectivity index (χ4n) is 2.15. The lowest BCUT2D eigenvalue weighted by Crippen LogP contribution is -2.47. The van der Waals surface area contributed by atoms with E-state index >= 15 is 0 Å². The van der Waals surface area contributed by atoms with Crippen molar-refractivity contribution in [3.8, 4) is 11.5 Å². The quantitative estimate of drug-likeness (QED) is 0.638. The SMILES string of the molecule is CC(C)N1CCOC(COc2cccc(O)c2N)C1. The van der Waals surface area contributed by atoms with Crippen LogP contribution >= 0.6 is 0 Å². The lowest BCUT2D eigenvalue weighted by Gasteiger charge is -2.35. The highest BCUT2D eigenvalue weighted by Gasteiger charge is 2.23. The molecule has 5 heteroatoms. The first kappa shape index (κ1) is 14.0. The highest BCUT2D eigenvalue weighted by atomic mass is 16.5. The second-order valence-electron chi connectivity index (χ2n) is 5.08. The minimum absolute atomic E-state index is 0.0397. The van der Waals surface area contributed by atoms with Gasteiger partial charge in [-0.2, -0.15) is 0 Å². The van der Waals surface area contributed by atoms with Crippen molar-refractivity contribution in [1.29, 1.82) is 0 Å². The third-order valence-electron chi connectivity index (χ3n) is 3.37. The average molecular weight is 266 g/mol. The maximum Gasteiger partial charge on any atom is 0.146 e. The topological polar surface area (TPSA) is 68.0 Å². The van der Waals surface area contributed by atoms with Crippen molar-refractivity contribution < 1.29 is 14.6 Å². The van der Waals surface area contributed by atoms with E-state index in [2.05, 4.69) is 18.7 Å². The van der Waals surface area contributed by atoms with Crippen molar-refractivity contribution in [2.45, 2.75) is 26.0 Å². The minimum Gasteiger partial charge on any atom is -0.506 e. The Bertz CT molecular complexity index is 423. The van der Waals surface area contributed by atoms with E-state index in [0.717, 1.165) is 19.7 Å². The average Bonchev–Trinajstić information content (AvgIpc) is 2.41. The van der Waals surface area contributed by atoms with Crippen LogP contribution in [0.5, 0.6) is 11.5 Å². The molecule has 106 valence electrons. The molecule has 1 fully saturated rings. The van der Waals surface area contributed by atoms with Crippen molar-refractivity contribution in [2.24, 2.45) is 0 Å². The number of benzene rings is 1. The van der Waals surface area contributed by atoms with Crippen LogP contribution < -0.4 is 10.5 Å². The van der Waals surface area contributed by atoms with Gasteiger partial charge in [0.05, 0.1) is 6.61 Å². The number of phenols is 1. The van der Waals surface area contributed by atoms with Gasteiger partial charge >= 0.3 is 0 Å². The number of nitrogens with two attached hydrogens (primary N) is 1. The van der Waals surface area contributed by atoms with Gasteiger partial charge in [-0.25, -0.2) is 0 Å². The summed E-state index contributed by atoms with van der Waals surface area (Å²) in [5.74, 6) is 0.552. The number of nitrogen functional groups attached to an aromatic ring is 1. The Morgan fingerprint density at radius 3 is 3.05 bits per heavy atom. The van der Waals surface area contributed by atoms with Crippen molar-refractivity contribution in [2.75, 3.05) is 32.0 Å². The molecule has 2 rings (SSSR count). The van der Waals surface area contributed by atoms with Gasteiger partial charge in [0.25, 0.3) is 0 Å². The van der Waals surface area contributed by atoms with Crippen molar-refractivity contribution in [3.05, 3.63) is 18.2 Å². The summed E-state index contributed by atoms with van der Waals surface area (Å²) >= 11 is 0. The fraction of sp³-hybridized carbons (Fsp3) is 0.571. The molecule has 3 N–H and O–H groups in total. The predicted octanol–water partition coefficient (Wildman–Crippen LogP) is 1.46. The van der Waals surface area contributed by atoms with Gasteiger partial charge in [-0.15, -0.1) is 0 Å². The van der Waals surface area contributed by atoms with E-state index in [1.165, 1.54) is 0 Å². The summed E-state index contributed by atoms with van der Waals surface area (Å²) in [5.41, 5.74) is 6.02. The van der Waals surface area contributed by atoms with E-state index in [0.29, 0.717) is 18.4 Å². The van der Waals surface area contributed by atoms with E-state index in [1.807, 2.05) is 0 Å². The van der Waals surface area contributed by atoms with Gasteiger partial charge in [0.15, 0.2) is 0 Å². The molecule has 1 heterocycles. The van der Waals surface area contributed by atoms with Crippen molar-refractivity contribution in [1.82, 2.24) is 4.90 Å². The van der Waals surface area contributed by atoms with Crippen LogP contribution in [0.4, 0.5) is 5.69 Å². The van der Waals surface area contributed by atoms with Gasteiger partial charge in [0, 0.05) is 19.1 Å². The summed E-state index contributed by atoms with van der Waals surface area (Å²) in [7, 11) is 0. The molecule has 0 saturated carbocycles. The Labute approximate surface area is 113 Å². The predicted molar refractivity (Wildman–Crippen MR) is 74.5 cm³/mol. The number of hydrogen-bond donors (Lipinski definition) is 2. The number of nitrogens with zero attached hydrogens (tertiary/aromatic N) is 1. The molecule has 1 unspecified atom stereocenters. The smallest absolute Gasteiger partial charge is 0.146 e. The molecule has 1 aliphatic rings. The summed E-state index contributed by atoms with van der Waals surface area (Å²) in [6, 6.07) is 5.51. The lowest BCUT2D eigenvalue weighted by atomic mass is 10.2. The molecular formula is C14H22N2O3. The summed E-state index contributed by atoms with van der Waals surface area (Å²) in [6.45, 7) is 7.34. The number of rotatable bonds is 4. The van der Waals surface area contributed by atoms with E-state index in [1.54, 1.807) is 18.2 Å². The fourth-order valence-corrected chi connectivity index (χ4v) is 2.15. The van der Waals surface area contributed by atoms with Gasteiger partial charge in [0.1, 0.15) is 29.9 Å². The molecule has 1 aliphatic heterocycles. The van der Waals surface area contributed by atoms with Crippen LogP contribution in [0.3, 0.4) is 0 Å². The van der Waals surface area contributed by atoms with Gasteiger partial charge < -0.3 is 20.3 Å². The second kappa shape index (κ2) is 6.12. The number of phenolic OH excluding ortho intramolecular Hbond substituents is 1. The summed E-state index contributed by atoms with van der Waals surface area (Å²) < 4.78 is 11.3. The van der Waals surface area contributed by atoms with Crippen LogP contribution in [0.25, 0.3) is 0 Å². The van der Waals surface area contributed by atoms with E-state index in [4.69, 9.17) is 15.2 Å². The largest absolute Gasteiger partial charge is 0.506 e. The lowest BCUT2D eigenvalue weighted by molar-refractivity contribution is -0.0563. The maximum absolute atomic E-state index is 9.51. The molecule has 0 aliphatic carbocycles. The number of ether oxygens (including phenoxy) is 2. The molecule has 1 aromatic carbocycles. The minimum atomic E-state index is 0.0397. The van der Waals surface area contributed by atoms with Gasteiger partial charge in [-0.3, -0.25) is 4.90 Å². The van der Waals surface area contributed by atoms with Crippen LogP contribution in [0.15, 0.2) is 18.2 Å². The van der Waals surface area contributed by atoms with Crippen LogP contribution in [0.2, 0.25) is 0 Å². The Balaban J connectivity index is 1.90. The van der Waals surface area contributed by atoms with Crippen LogP contribution in [0.1, 0.15) is 13.8 Å². The second-order valence-corrected chi connectivity index (χ2v) is 5.08. The zero-order valence-corrected chi connectivity index (χ0v) is 11.5. The number of hydrogen-bond acceptors (Lipinski definition) is 5. The molecule has 0 radical (unpaired) electrons. The van der Waals surface area contributed by atoms with Crippen LogP contribution in [0, 0.1) is 0 Å². The van der Waals surface area contributed by atoms with Crippen molar-refractivity contribution in [3.63, 3.8) is 0 Å². The van der Waals surface area contributed by atoms with Gasteiger partial charge in [0.2, 0.25) is 0 Å². The Kier molecular flexibility index (Phi) is 4.50. The van der Waals surface area contributed by atoms with E-state index < -0.39 is 0 Å². The van der Waals surface area contributed by atoms with Crippen molar-refractivity contribution >= 4 is 5.69 Å². The highest BCUT2D eigenvalue weighted by Crippen LogP contribution is 2.30. The molecule has 0 aromatic heterocycles. The zero-order valence-electron chi connectivity index (χ0n) is 11.5. The highest BCUT2D eigenvalue weighted by molar-refractivity contribution is 5.61. The van der Waals surface area contributed by atoms with E-state index in [-0.39, 0.29) is 17.5 Å². The molecule has 0 bridgehead atoms. The van der Waals surface area contributed by atoms with Crippen LogP contribution in [-0.4, -0.2) is 48.5 Å². The molecule has 0 amide bonds. The zero-order chi connectivity index (χ0) is 13.8. The third kappa shape index (κ3) is 3.52. The first-order valence-corrected chi connectivity index (χ1v) is 6.64. The first-order chi connectivity index (χ1) is 9.08.